The maximum atomic E-state index is 11.8. The average Bonchev–Trinajstić information content (AvgIpc) is 2.42. The summed E-state index contributed by atoms with van der Waals surface area (Å²) >= 11 is 0. The van der Waals surface area contributed by atoms with Gasteiger partial charge < -0.3 is 21.3 Å². The van der Waals surface area contributed by atoms with Crippen LogP contribution in [0.15, 0.2) is 30.3 Å². The minimum absolute atomic E-state index is 0.00543. The molecule has 0 heterocycles. The van der Waals surface area contributed by atoms with Crippen molar-refractivity contribution in [3.05, 3.63) is 35.9 Å². The Hall–Kier alpha value is -1.92. The van der Waals surface area contributed by atoms with Gasteiger partial charge in [-0.05, 0) is 24.9 Å². The first-order chi connectivity index (χ1) is 9.00. The molecule has 0 saturated carbocycles. The fourth-order valence-electron chi connectivity index (χ4n) is 1.53. The van der Waals surface area contributed by atoms with E-state index in [9.17, 15) is 9.59 Å². The first kappa shape index (κ1) is 15.1. The van der Waals surface area contributed by atoms with Crippen molar-refractivity contribution in [3.8, 4) is 0 Å². The number of hydrogen-bond acceptors (Lipinski definition) is 5. The molecule has 5 N–H and O–H groups in total. The van der Waals surface area contributed by atoms with Gasteiger partial charge in [0.15, 0.2) is 0 Å². The minimum atomic E-state index is -2.03. The molecule has 0 spiro atoms. The quantitative estimate of drug-likeness (QED) is 0.481. The van der Waals surface area contributed by atoms with Crippen LogP contribution in [0.3, 0.4) is 0 Å². The van der Waals surface area contributed by atoms with Gasteiger partial charge in [0.25, 0.3) is 0 Å². The third-order valence-corrected chi connectivity index (χ3v) is 2.73. The van der Waals surface area contributed by atoms with Crippen molar-refractivity contribution in [2.75, 3.05) is 6.54 Å². The normalized spacial score (nSPS) is 13.6. The van der Waals surface area contributed by atoms with Crippen LogP contribution in [-0.2, 0) is 20.9 Å². The molecule has 0 unspecified atom stereocenters. The Labute approximate surface area is 111 Å². The fraction of sp³-hybridized carbons (Fsp3) is 0.385. The van der Waals surface area contributed by atoms with Crippen LogP contribution in [0.2, 0.25) is 0 Å². The molecule has 1 aromatic carbocycles. The summed E-state index contributed by atoms with van der Waals surface area (Å²) in [7, 11) is 0. The summed E-state index contributed by atoms with van der Waals surface area (Å²) in [5.74, 6) is -2.35. The Bertz CT molecular complexity index is 436. The van der Waals surface area contributed by atoms with Crippen molar-refractivity contribution in [3.63, 3.8) is 0 Å². The molecule has 1 atom stereocenters. The number of carboxylic acids is 1. The van der Waals surface area contributed by atoms with Crippen LogP contribution in [0, 0.1) is 0 Å². The Morgan fingerprint density at radius 3 is 2.42 bits per heavy atom. The average molecular weight is 266 g/mol. The van der Waals surface area contributed by atoms with E-state index in [1.165, 1.54) is 0 Å². The standard InChI is InChI=1S/C13H18N2O4/c14-8-4-7-13(15,11(16)17)12(18)19-9-10-5-2-1-3-6-10/h1-3,5-6H,4,7-9,14-15H2,(H,16,17)/t13-/m0/s1. The molecule has 19 heavy (non-hydrogen) atoms. The number of carbonyl (C=O) groups is 2. The highest BCUT2D eigenvalue weighted by Crippen LogP contribution is 2.14. The van der Waals surface area contributed by atoms with Gasteiger partial charge in [0.2, 0.25) is 5.54 Å². The number of carbonyl (C=O) groups excluding carboxylic acids is 1. The highest BCUT2D eigenvalue weighted by molar-refractivity contribution is 6.03. The predicted molar refractivity (Wildman–Crippen MR) is 69.1 cm³/mol. The second kappa shape index (κ2) is 6.86. The summed E-state index contributed by atoms with van der Waals surface area (Å²) in [6, 6.07) is 8.96. The molecular formula is C13H18N2O4. The van der Waals surface area contributed by atoms with E-state index < -0.39 is 17.5 Å². The van der Waals surface area contributed by atoms with Crippen molar-refractivity contribution in [2.24, 2.45) is 11.5 Å². The number of esters is 1. The first-order valence-corrected chi connectivity index (χ1v) is 5.94. The van der Waals surface area contributed by atoms with Crippen LogP contribution < -0.4 is 11.5 Å². The molecule has 6 heteroatoms. The summed E-state index contributed by atoms with van der Waals surface area (Å²) in [4.78, 5) is 22.9. The van der Waals surface area contributed by atoms with Crippen LogP contribution >= 0.6 is 0 Å². The summed E-state index contributed by atoms with van der Waals surface area (Å²) in [6.45, 7) is 0.257. The SMILES string of the molecule is NCCC[C@](N)(C(=O)O)C(=O)OCc1ccccc1. The van der Waals surface area contributed by atoms with Crippen LogP contribution in [0.1, 0.15) is 18.4 Å². The Morgan fingerprint density at radius 1 is 1.26 bits per heavy atom. The van der Waals surface area contributed by atoms with Crippen molar-refractivity contribution in [1.82, 2.24) is 0 Å². The first-order valence-electron chi connectivity index (χ1n) is 5.94. The second-order valence-electron chi connectivity index (χ2n) is 4.23. The number of carboxylic acid groups (broad SMARTS) is 1. The third kappa shape index (κ3) is 4.04. The van der Waals surface area contributed by atoms with Crippen LogP contribution in [0.4, 0.5) is 0 Å². The Balaban J connectivity index is 2.65. The summed E-state index contributed by atoms with van der Waals surface area (Å²) in [6.07, 6.45) is 0.287. The van der Waals surface area contributed by atoms with Crippen molar-refractivity contribution in [1.29, 1.82) is 0 Å². The zero-order valence-electron chi connectivity index (χ0n) is 10.5. The molecular weight excluding hydrogens is 248 g/mol. The molecule has 0 fully saturated rings. The predicted octanol–water partition coefficient (Wildman–Crippen LogP) is 0.251. The van der Waals surface area contributed by atoms with Gasteiger partial charge in [-0.3, -0.25) is 0 Å². The number of rotatable bonds is 7. The van der Waals surface area contributed by atoms with Crippen LogP contribution in [-0.4, -0.2) is 29.1 Å². The molecule has 0 saturated heterocycles. The maximum absolute atomic E-state index is 11.8. The molecule has 1 aromatic rings. The highest BCUT2D eigenvalue weighted by atomic mass is 16.5. The minimum Gasteiger partial charge on any atom is -0.479 e. The zero-order valence-corrected chi connectivity index (χ0v) is 10.5. The van der Waals surface area contributed by atoms with Gasteiger partial charge in [0.1, 0.15) is 6.61 Å². The number of nitrogens with two attached hydrogens (primary N) is 2. The fourth-order valence-corrected chi connectivity index (χ4v) is 1.53. The molecule has 0 amide bonds. The number of ether oxygens (including phenoxy) is 1. The molecule has 104 valence electrons. The molecule has 6 nitrogen and oxygen atoms in total. The maximum Gasteiger partial charge on any atom is 0.338 e. The molecule has 0 aliphatic rings. The van der Waals surface area contributed by atoms with Gasteiger partial charge >= 0.3 is 11.9 Å². The smallest absolute Gasteiger partial charge is 0.338 e. The van der Waals surface area contributed by atoms with E-state index in [4.69, 9.17) is 21.3 Å². The molecule has 0 radical (unpaired) electrons. The second-order valence-corrected chi connectivity index (χ2v) is 4.23. The van der Waals surface area contributed by atoms with E-state index in [0.29, 0.717) is 6.42 Å². The topological polar surface area (TPSA) is 116 Å². The van der Waals surface area contributed by atoms with Crippen LogP contribution in [0.25, 0.3) is 0 Å². The zero-order chi connectivity index (χ0) is 14.3. The van der Waals surface area contributed by atoms with E-state index in [-0.39, 0.29) is 19.6 Å². The van der Waals surface area contributed by atoms with E-state index >= 15 is 0 Å². The van der Waals surface area contributed by atoms with Crippen molar-refractivity contribution in [2.45, 2.75) is 25.0 Å². The monoisotopic (exact) mass is 266 g/mol. The van der Waals surface area contributed by atoms with Crippen LogP contribution in [0.5, 0.6) is 0 Å². The summed E-state index contributed by atoms with van der Waals surface area (Å²) in [5.41, 5.74) is 9.64. The molecule has 0 aromatic heterocycles. The van der Waals surface area contributed by atoms with E-state index in [1.807, 2.05) is 6.07 Å². The van der Waals surface area contributed by atoms with E-state index in [1.54, 1.807) is 24.3 Å². The molecule has 0 aliphatic carbocycles. The van der Waals surface area contributed by atoms with Gasteiger partial charge in [-0.1, -0.05) is 30.3 Å². The van der Waals surface area contributed by atoms with Gasteiger partial charge in [-0.15, -0.1) is 0 Å². The lowest BCUT2D eigenvalue weighted by atomic mass is 9.95. The number of aliphatic carboxylic acids is 1. The largest absolute Gasteiger partial charge is 0.479 e. The van der Waals surface area contributed by atoms with Crippen molar-refractivity contribution >= 4 is 11.9 Å². The number of benzene rings is 1. The van der Waals surface area contributed by atoms with Gasteiger partial charge in [-0.2, -0.15) is 0 Å². The molecule has 0 aliphatic heterocycles. The third-order valence-electron chi connectivity index (χ3n) is 2.73. The molecule has 1 rings (SSSR count). The Morgan fingerprint density at radius 2 is 1.89 bits per heavy atom. The number of hydrogen-bond donors (Lipinski definition) is 3. The molecule has 0 bridgehead atoms. The van der Waals surface area contributed by atoms with E-state index in [0.717, 1.165) is 5.56 Å². The van der Waals surface area contributed by atoms with Crippen molar-refractivity contribution < 1.29 is 19.4 Å². The lowest BCUT2D eigenvalue weighted by molar-refractivity contribution is -0.162. The summed E-state index contributed by atoms with van der Waals surface area (Å²) < 4.78 is 4.97. The summed E-state index contributed by atoms with van der Waals surface area (Å²) in [5, 5.41) is 9.06. The lowest BCUT2D eigenvalue weighted by Crippen LogP contribution is -2.55. The lowest BCUT2D eigenvalue weighted by Gasteiger charge is -2.22. The van der Waals surface area contributed by atoms with Gasteiger partial charge in [0.05, 0.1) is 0 Å². The Kier molecular flexibility index (Phi) is 5.47. The van der Waals surface area contributed by atoms with Gasteiger partial charge in [-0.25, -0.2) is 9.59 Å². The highest BCUT2D eigenvalue weighted by Gasteiger charge is 2.43. The van der Waals surface area contributed by atoms with Gasteiger partial charge in [0, 0.05) is 0 Å². The van der Waals surface area contributed by atoms with E-state index in [2.05, 4.69) is 0 Å².